The quantitative estimate of drug-likeness (QED) is 0.588. The molecule has 0 aromatic carbocycles. The van der Waals surface area contributed by atoms with Crippen molar-refractivity contribution in [2.24, 2.45) is 4.99 Å². The van der Waals surface area contributed by atoms with Crippen LogP contribution in [0.15, 0.2) is 47.0 Å². The molecule has 0 unspecified atom stereocenters. The first-order chi connectivity index (χ1) is 10.7. The van der Waals surface area contributed by atoms with Crippen LogP contribution in [-0.2, 0) is 6.42 Å². The molecule has 0 bridgehead atoms. The summed E-state index contributed by atoms with van der Waals surface area (Å²) < 4.78 is 1.35. The lowest BCUT2D eigenvalue weighted by Crippen LogP contribution is -2.22. The Morgan fingerprint density at radius 1 is 1.36 bits per heavy atom. The minimum atomic E-state index is 1.07. The summed E-state index contributed by atoms with van der Waals surface area (Å²) in [5.74, 6) is 0. The Morgan fingerprint density at radius 2 is 2.18 bits per heavy atom. The molecule has 2 heteroatoms. The van der Waals surface area contributed by atoms with Gasteiger partial charge in [-0.2, -0.15) is 0 Å². The summed E-state index contributed by atoms with van der Waals surface area (Å²) in [5, 5.41) is 1.35. The van der Waals surface area contributed by atoms with Gasteiger partial charge in [0, 0.05) is 22.7 Å². The van der Waals surface area contributed by atoms with E-state index in [9.17, 15) is 0 Å². The molecule has 114 valence electrons. The zero-order chi connectivity index (χ0) is 15.9. The van der Waals surface area contributed by atoms with E-state index < -0.39 is 0 Å². The predicted molar refractivity (Wildman–Crippen MR) is 102 cm³/mol. The molecular formula is C20H23NS. The Bertz CT molecular complexity index is 782. The Hall–Kier alpha value is -1.93. The lowest BCUT2D eigenvalue weighted by Gasteiger charge is -2.04. The summed E-state index contributed by atoms with van der Waals surface area (Å²) in [4.78, 5) is 5.33. The number of hydrogen-bond donors (Lipinski definition) is 0. The molecule has 0 N–H and O–H groups in total. The van der Waals surface area contributed by atoms with E-state index in [4.69, 9.17) is 0 Å². The first-order valence-corrected chi connectivity index (χ1v) is 8.40. The van der Waals surface area contributed by atoms with E-state index in [2.05, 4.69) is 55.8 Å². The molecule has 0 saturated heterocycles. The van der Waals surface area contributed by atoms with E-state index >= 15 is 0 Å². The molecule has 1 aromatic heterocycles. The van der Waals surface area contributed by atoms with Gasteiger partial charge in [-0.3, -0.25) is 4.99 Å². The number of hydrogen-bond acceptors (Lipinski definition) is 2. The Kier molecular flexibility index (Phi) is 5.91. The molecule has 0 radical (unpaired) electrons. The normalized spacial score (nSPS) is 17.0. The van der Waals surface area contributed by atoms with Gasteiger partial charge in [0.05, 0.1) is 0 Å². The maximum absolute atomic E-state index is 4.23. The van der Waals surface area contributed by atoms with Crippen molar-refractivity contribution in [2.75, 3.05) is 7.05 Å². The molecule has 0 spiro atoms. The number of aliphatic imine (C=N–C) groups is 1. The summed E-state index contributed by atoms with van der Waals surface area (Å²) >= 11 is 1.87. The van der Waals surface area contributed by atoms with E-state index in [-0.39, 0.29) is 0 Å². The van der Waals surface area contributed by atoms with E-state index in [0.717, 1.165) is 18.4 Å². The monoisotopic (exact) mass is 309 g/mol. The van der Waals surface area contributed by atoms with Crippen LogP contribution in [0.4, 0.5) is 0 Å². The molecule has 0 fully saturated rings. The van der Waals surface area contributed by atoms with Crippen molar-refractivity contribution in [1.29, 1.82) is 0 Å². The molecule has 1 heterocycles. The van der Waals surface area contributed by atoms with Crippen LogP contribution in [0.25, 0.3) is 18.2 Å². The molecule has 1 aliphatic carbocycles. The molecule has 1 aliphatic rings. The van der Waals surface area contributed by atoms with Crippen LogP contribution in [0, 0.1) is 0 Å². The maximum atomic E-state index is 4.23. The van der Waals surface area contributed by atoms with Gasteiger partial charge in [-0.25, -0.2) is 0 Å². The number of nitrogens with zero attached hydrogens (tertiary/aromatic N) is 1. The standard InChI is InChI=1S/C20H23NS/c1-5-19-18(17-11-6-7-12-20(17)22-19)14-16(3)15(2)10-8-9-13-21-4/h5,7-10,12-14H,3,6,11H2,1-2,4H3/b9-8-,15-10+,18-14-,19-5?,21-13?. The highest BCUT2D eigenvalue weighted by atomic mass is 32.1. The third kappa shape index (κ3) is 3.83. The van der Waals surface area contributed by atoms with Gasteiger partial charge in [0.15, 0.2) is 0 Å². The van der Waals surface area contributed by atoms with Crippen molar-refractivity contribution in [3.63, 3.8) is 0 Å². The van der Waals surface area contributed by atoms with Crippen LogP contribution in [0.3, 0.4) is 0 Å². The van der Waals surface area contributed by atoms with Gasteiger partial charge in [-0.1, -0.05) is 30.9 Å². The molecule has 1 aromatic rings. The molecule has 22 heavy (non-hydrogen) atoms. The molecule has 1 nitrogen and oxygen atoms in total. The molecule has 2 rings (SSSR count). The second-order valence-corrected chi connectivity index (χ2v) is 6.35. The van der Waals surface area contributed by atoms with Crippen LogP contribution in [0.2, 0.25) is 0 Å². The third-order valence-corrected chi connectivity index (χ3v) is 5.00. The fraction of sp³-hybridized carbons (Fsp3) is 0.250. The summed E-state index contributed by atoms with van der Waals surface area (Å²) in [6.07, 6.45) is 19.0. The van der Waals surface area contributed by atoms with E-state index in [1.165, 1.54) is 25.8 Å². The number of fused-ring (bicyclic) bond motifs is 1. The zero-order valence-electron chi connectivity index (χ0n) is 13.6. The predicted octanol–water partition coefficient (Wildman–Crippen LogP) is 4.05. The van der Waals surface area contributed by atoms with E-state index in [1.807, 2.05) is 23.5 Å². The average molecular weight is 309 g/mol. The summed E-state index contributed by atoms with van der Waals surface area (Å²) in [6.45, 7) is 8.44. The van der Waals surface area contributed by atoms with E-state index in [1.54, 1.807) is 13.3 Å². The minimum Gasteiger partial charge on any atom is -0.297 e. The van der Waals surface area contributed by atoms with Crippen LogP contribution < -0.4 is 9.75 Å². The van der Waals surface area contributed by atoms with Crippen molar-refractivity contribution >= 4 is 35.8 Å². The molecule has 0 amide bonds. The third-order valence-electron chi connectivity index (χ3n) is 3.72. The maximum Gasteiger partial charge on any atom is 0.0311 e. The van der Waals surface area contributed by atoms with Gasteiger partial charge >= 0.3 is 0 Å². The lowest BCUT2D eigenvalue weighted by atomic mass is 10.0. The highest BCUT2D eigenvalue weighted by Gasteiger charge is 2.10. The van der Waals surface area contributed by atoms with E-state index in [0.29, 0.717) is 0 Å². The van der Waals surface area contributed by atoms with Gasteiger partial charge in [0.25, 0.3) is 0 Å². The van der Waals surface area contributed by atoms with Crippen LogP contribution in [0.5, 0.6) is 0 Å². The fourth-order valence-electron chi connectivity index (χ4n) is 2.43. The first kappa shape index (κ1) is 16.4. The van der Waals surface area contributed by atoms with Crippen molar-refractivity contribution in [3.05, 3.63) is 62.2 Å². The molecule has 0 saturated carbocycles. The van der Waals surface area contributed by atoms with Crippen LogP contribution in [-0.4, -0.2) is 13.3 Å². The lowest BCUT2D eigenvalue weighted by molar-refractivity contribution is 0.986. The SMILES string of the molecule is C=C(/C=c1/c2c(sc1=CC)C=CCC2)/C(C)=C/C=C\C=NC. The molecular weight excluding hydrogens is 286 g/mol. The van der Waals surface area contributed by atoms with Crippen molar-refractivity contribution < 1.29 is 0 Å². The topological polar surface area (TPSA) is 12.4 Å². The number of rotatable bonds is 4. The van der Waals surface area contributed by atoms with Gasteiger partial charge < -0.3 is 0 Å². The molecule has 0 aliphatic heterocycles. The van der Waals surface area contributed by atoms with Gasteiger partial charge in [0.1, 0.15) is 0 Å². The first-order valence-electron chi connectivity index (χ1n) is 7.58. The second-order valence-electron chi connectivity index (χ2n) is 5.26. The Balaban J connectivity index is 2.39. The average Bonchev–Trinajstić information content (AvgIpc) is 2.89. The Morgan fingerprint density at radius 3 is 2.91 bits per heavy atom. The van der Waals surface area contributed by atoms with Crippen molar-refractivity contribution in [2.45, 2.75) is 26.7 Å². The van der Waals surface area contributed by atoms with Crippen LogP contribution >= 0.6 is 11.3 Å². The summed E-state index contributed by atoms with van der Waals surface area (Å²) in [6, 6.07) is 0. The van der Waals surface area contributed by atoms with Gasteiger partial charge in [-0.05, 0) is 66.8 Å². The van der Waals surface area contributed by atoms with Crippen LogP contribution in [0.1, 0.15) is 30.7 Å². The smallest absolute Gasteiger partial charge is 0.0311 e. The fourth-order valence-corrected chi connectivity index (χ4v) is 3.58. The van der Waals surface area contributed by atoms with Crippen molar-refractivity contribution in [1.82, 2.24) is 0 Å². The summed E-state index contributed by atoms with van der Waals surface area (Å²) in [7, 11) is 1.77. The number of allylic oxidation sites excluding steroid dienone is 6. The minimum absolute atomic E-state index is 1.07. The highest BCUT2D eigenvalue weighted by Crippen LogP contribution is 2.19. The highest BCUT2D eigenvalue weighted by molar-refractivity contribution is 7.11. The second kappa shape index (κ2) is 7.90. The van der Waals surface area contributed by atoms with Gasteiger partial charge in [-0.15, -0.1) is 11.3 Å². The van der Waals surface area contributed by atoms with Crippen molar-refractivity contribution in [3.8, 4) is 0 Å². The van der Waals surface area contributed by atoms with Gasteiger partial charge in [0.2, 0.25) is 0 Å². The Labute approximate surface area is 137 Å². The largest absolute Gasteiger partial charge is 0.297 e. The number of thiophene rings is 1. The summed E-state index contributed by atoms with van der Waals surface area (Å²) in [5.41, 5.74) is 3.72. The zero-order valence-corrected chi connectivity index (χ0v) is 14.4. The molecule has 0 atom stereocenters.